The lowest BCUT2D eigenvalue weighted by atomic mass is 10.1. The summed E-state index contributed by atoms with van der Waals surface area (Å²) in [5, 5.41) is 0. The first-order valence-electron chi connectivity index (χ1n) is 6.48. The number of benzene rings is 1. The van der Waals surface area contributed by atoms with Crippen LogP contribution in [-0.4, -0.2) is 17.5 Å². The molecular formula is C17H16ClNO. The fourth-order valence-electron chi connectivity index (χ4n) is 1.84. The Morgan fingerprint density at radius 1 is 1.25 bits per heavy atom. The number of hydrogen-bond acceptors (Lipinski definition) is 2. The van der Waals surface area contributed by atoms with E-state index in [4.69, 9.17) is 16.3 Å². The number of halogens is 1. The summed E-state index contributed by atoms with van der Waals surface area (Å²) in [4.78, 5) is 4.27. The molecule has 2 aromatic rings. The van der Waals surface area contributed by atoms with Gasteiger partial charge in [-0.15, -0.1) is 11.6 Å². The molecular weight excluding hydrogens is 270 g/mol. The predicted molar refractivity (Wildman–Crippen MR) is 82.2 cm³/mol. The second-order valence-corrected chi connectivity index (χ2v) is 4.60. The highest BCUT2D eigenvalue weighted by atomic mass is 35.5. The Kier molecular flexibility index (Phi) is 5.46. The molecule has 0 radical (unpaired) electrons. The number of aromatic nitrogens is 1. The van der Waals surface area contributed by atoms with Crippen LogP contribution in [0.4, 0.5) is 0 Å². The van der Waals surface area contributed by atoms with Crippen molar-refractivity contribution in [2.75, 3.05) is 12.5 Å². The summed E-state index contributed by atoms with van der Waals surface area (Å²) < 4.78 is 5.79. The third-order valence-corrected chi connectivity index (χ3v) is 2.95. The lowest BCUT2D eigenvalue weighted by molar-refractivity contribution is 0.318. The van der Waals surface area contributed by atoms with Gasteiger partial charge in [0, 0.05) is 23.9 Å². The molecule has 0 saturated carbocycles. The minimum atomic E-state index is 0.349. The molecule has 0 fully saturated rings. The summed E-state index contributed by atoms with van der Waals surface area (Å²) in [6, 6.07) is 11.8. The molecule has 20 heavy (non-hydrogen) atoms. The van der Waals surface area contributed by atoms with Crippen molar-refractivity contribution in [1.29, 1.82) is 0 Å². The highest BCUT2D eigenvalue weighted by Gasteiger charge is 2.01. The Labute approximate surface area is 124 Å². The van der Waals surface area contributed by atoms with Gasteiger partial charge in [0.2, 0.25) is 0 Å². The summed E-state index contributed by atoms with van der Waals surface area (Å²) in [5.41, 5.74) is 3.07. The fraction of sp³-hybridized carbons (Fsp3) is 0.235. The summed E-state index contributed by atoms with van der Waals surface area (Å²) in [6.07, 6.45) is 2.60. The molecule has 0 N–H and O–H groups in total. The van der Waals surface area contributed by atoms with Crippen LogP contribution in [0, 0.1) is 18.8 Å². The van der Waals surface area contributed by atoms with Crippen LogP contribution < -0.4 is 4.74 Å². The summed E-state index contributed by atoms with van der Waals surface area (Å²) >= 11 is 5.55. The maximum Gasteiger partial charge on any atom is 0.122 e. The van der Waals surface area contributed by atoms with Crippen LogP contribution in [0.5, 0.6) is 5.75 Å². The standard InChI is InChI=1S/C17H16ClNO/c1-14-13-15(5-4-10-18)7-8-17(14)20-12-9-16-6-2-3-11-19-16/h2-3,6-8,11,13H,9-10,12H2,1H3. The molecule has 0 saturated heterocycles. The number of rotatable bonds is 4. The Balaban J connectivity index is 1.93. The van der Waals surface area contributed by atoms with E-state index in [-0.39, 0.29) is 0 Å². The van der Waals surface area contributed by atoms with Gasteiger partial charge in [-0.3, -0.25) is 4.98 Å². The minimum absolute atomic E-state index is 0.349. The molecule has 2 nitrogen and oxygen atoms in total. The van der Waals surface area contributed by atoms with Crippen LogP contribution in [0.3, 0.4) is 0 Å². The number of alkyl halides is 1. The van der Waals surface area contributed by atoms with Gasteiger partial charge in [-0.05, 0) is 42.8 Å². The van der Waals surface area contributed by atoms with Crippen molar-refractivity contribution < 1.29 is 4.74 Å². The maximum absolute atomic E-state index is 5.79. The van der Waals surface area contributed by atoms with Crippen molar-refractivity contribution in [3.63, 3.8) is 0 Å². The largest absolute Gasteiger partial charge is 0.493 e. The van der Waals surface area contributed by atoms with Gasteiger partial charge in [-0.25, -0.2) is 0 Å². The average molecular weight is 286 g/mol. The van der Waals surface area contributed by atoms with Gasteiger partial charge < -0.3 is 4.74 Å². The van der Waals surface area contributed by atoms with E-state index in [1.807, 2.05) is 43.3 Å². The zero-order valence-electron chi connectivity index (χ0n) is 11.4. The van der Waals surface area contributed by atoms with E-state index >= 15 is 0 Å². The third-order valence-electron chi connectivity index (χ3n) is 2.82. The van der Waals surface area contributed by atoms with Gasteiger partial charge in [0.1, 0.15) is 5.75 Å². The number of nitrogens with zero attached hydrogens (tertiary/aromatic N) is 1. The lowest BCUT2D eigenvalue weighted by Gasteiger charge is -2.09. The van der Waals surface area contributed by atoms with Gasteiger partial charge in [0.15, 0.2) is 0 Å². The Bertz CT molecular complexity index is 614. The SMILES string of the molecule is Cc1cc(C#CCCl)ccc1OCCc1ccccn1. The molecule has 1 aromatic carbocycles. The second-order valence-electron chi connectivity index (χ2n) is 4.34. The molecule has 0 aliphatic heterocycles. The van der Waals surface area contributed by atoms with Crippen molar-refractivity contribution in [2.24, 2.45) is 0 Å². The van der Waals surface area contributed by atoms with Gasteiger partial charge in [-0.2, -0.15) is 0 Å². The molecule has 0 aliphatic rings. The van der Waals surface area contributed by atoms with Crippen LogP contribution in [-0.2, 0) is 6.42 Å². The van der Waals surface area contributed by atoms with E-state index in [0.717, 1.165) is 29.0 Å². The van der Waals surface area contributed by atoms with E-state index < -0.39 is 0 Å². The highest BCUT2D eigenvalue weighted by molar-refractivity contribution is 6.19. The number of pyridine rings is 1. The smallest absolute Gasteiger partial charge is 0.122 e. The van der Waals surface area contributed by atoms with E-state index in [2.05, 4.69) is 16.8 Å². The van der Waals surface area contributed by atoms with E-state index in [9.17, 15) is 0 Å². The second kappa shape index (κ2) is 7.57. The summed E-state index contributed by atoms with van der Waals surface area (Å²) in [6.45, 7) is 2.63. The predicted octanol–water partition coefficient (Wildman–Crippen LogP) is 3.60. The van der Waals surface area contributed by atoms with Gasteiger partial charge >= 0.3 is 0 Å². The molecule has 0 bridgehead atoms. The quantitative estimate of drug-likeness (QED) is 0.632. The van der Waals surface area contributed by atoms with Crippen molar-refractivity contribution >= 4 is 11.6 Å². The molecule has 0 atom stereocenters. The maximum atomic E-state index is 5.79. The molecule has 0 spiro atoms. The molecule has 0 unspecified atom stereocenters. The van der Waals surface area contributed by atoms with Crippen LogP contribution in [0.2, 0.25) is 0 Å². The van der Waals surface area contributed by atoms with Crippen LogP contribution in [0.15, 0.2) is 42.6 Å². The average Bonchev–Trinajstić information content (AvgIpc) is 2.48. The molecule has 3 heteroatoms. The number of ether oxygens (including phenoxy) is 1. The Morgan fingerprint density at radius 3 is 2.85 bits per heavy atom. The van der Waals surface area contributed by atoms with Crippen LogP contribution in [0.1, 0.15) is 16.8 Å². The first kappa shape index (κ1) is 14.4. The lowest BCUT2D eigenvalue weighted by Crippen LogP contribution is -2.03. The van der Waals surface area contributed by atoms with Crippen molar-refractivity contribution in [1.82, 2.24) is 4.98 Å². The van der Waals surface area contributed by atoms with Gasteiger partial charge in [0.05, 0.1) is 12.5 Å². The fourth-order valence-corrected chi connectivity index (χ4v) is 1.90. The zero-order chi connectivity index (χ0) is 14.2. The zero-order valence-corrected chi connectivity index (χ0v) is 12.2. The molecule has 1 heterocycles. The van der Waals surface area contributed by atoms with Crippen LogP contribution >= 0.6 is 11.6 Å². The third kappa shape index (κ3) is 4.29. The number of hydrogen-bond donors (Lipinski definition) is 0. The first-order valence-corrected chi connectivity index (χ1v) is 7.01. The van der Waals surface area contributed by atoms with E-state index in [1.54, 1.807) is 6.20 Å². The number of aryl methyl sites for hydroxylation is 1. The van der Waals surface area contributed by atoms with Crippen molar-refractivity contribution in [3.8, 4) is 17.6 Å². The summed E-state index contributed by atoms with van der Waals surface area (Å²) in [7, 11) is 0. The molecule has 102 valence electrons. The molecule has 0 aliphatic carbocycles. The summed E-state index contributed by atoms with van der Waals surface area (Å²) in [5.74, 6) is 7.07. The highest BCUT2D eigenvalue weighted by Crippen LogP contribution is 2.19. The minimum Gasteiger partial charge on any atom is -0.493 e. The van der Waals surface area contributed by atoms with E-state index in [0.29, 0.717) is 12.5 Å². The topological polar surface area (TPSA) is 22.1 Å². The van der Waals surface area contributed by atoms with Crippen molar-refractivity contribution in [2.45, 2.75) is 13.3 Å². The van der Waals surface area contributed by atoms with Crippen LogP contribution in [0.25, 0.3) is 0 Å². The molecule has 2 rings (SSSR count). The molecule has 1 aromatic heterocycles. The van der Waals surface area contributed by atoms with Gasteiger partial charge in [-0.1, -0.05) is 17.9 Å². The normalized spacial score (nSPS) is 9.70. The first-order chi connectivity index (χ1) is 9.79. The Hall–Kier alpha value is -1.98. The van der Waals surface area contributed by atoms with Crippen molar-refractivity contribution in [3.05, 3.63) is 59.4 Å². The van der Waals surface area contributed by atoms with Gasteiger partial charge in [0.25, 0.3) is 0 Å². The van der Waals surface area contributed by atoms with E-state index in [1.165, 1.54) is 0 Å². The molecule has 0 amide bonds. The Morgan fingerprint density at radius 2 is 2.15 bits per heavy atom. The monoisotopic (exact) mass is 285 g/mol.